The molecule has 0 saturated heterocycles. The molecular formula is C4H7ClN2O. The Morgan fingerprint density at radius 1 is 1.62 bits per heavy atom. The first-order valence-electron chi connectivity index (χ1n) is 2.09. The smallest absolute Gasteiger partial charge is 0.242 e. The van der Waals surface area contributed by atoms with Crippen LogP contribution in [0.25, 0.3) is 0 Å². The molecule has 3 nitrogen and oxygen atoms in total. The van der Waals surface area contributed by atoms with Crippen LogP contribution >= 0.6 is 12.4 Å². The van der Waals surface area contributed by atoms with Gasteiger partial charge in [-0.15, -0.1) is 12.4 Å². The molecule has 0 aromatic carbocycles. The highest BCUT2D eigenvalue weighted by Gasteiger charge is 1.96. The number of amides is 1. The summed E-state index contributed by atoms with van der Waals surface area (Å²) in [7, 11) is 0. The van der Waals surface area contributed by atoms with Gasteiger partial charge in [-0.2, -0.15) is 0 Å². The molecule has 0 saturated carbocycles. The first-order valence-corrected chi connectivity index (χ1v) is 2.09. The fourth-order valence-corrected chi connectivity index (χ4v) is 0.398. The molecule has 0 bridgehead atoms. The van der Waals surface area contributed by atoms with Crippen LogP contribution in [-0.4, -0.2) is 5.91 Å². The molecule has 2 N–H and O–H groups in total. The number of halogens is 1. The van der Waals surface area contributed by atoms with Gasteiger partial charge in [0.1, 0.15) is 0 Å². The molecule has 1 amide bonds. The SMILES string of the molecule is Cl.O=C1CC=CNN1. The van der Waals surface area contributed by atoms with Crippen LogP contribution in [-0.2, 0) is 4.79 Å². The molecule has 1 aliphatic rings. The van der Waals surface area contributed by atoms with Gasteiger partial charge >= 0.3 is 0 Å². The summed E-state index contributed by atoms with van der Waals surface area (Å²) >= 11 is 0. The Kier molecular flexibility index (Phi) is 3.03. The maximum atomic E-state index is 10.2. The van der Waals surface area contributed by atoms with Gasteiger partial charge in [-0.1, -0.05) is 6.08 Å². The summed E-state index contributed by atoms with van der Waals surface area (Å²) in [5.41, 5.74) is 4.96. The van der Waals surface area contributed by atoms with Gasteiger partial charge in [0.05, 0.1) is 0 Å². The van der Waals surface area contributed by atoms with Gasteiger partial charge in [-0.25, -0.2) is 0 Å². The molecule has 1 heterocycles. The maximum Gasteiger partial charge on any atom is 0.242 e. The predicted octanol–water partition coefficient (Wildman–Crippen LogP) is -0.0536. The quantitative estimate of drug-likeness (QED) is 0.488. The van der Waals surface area contributed by atoms with Crippen LogP contribution in [0.5, 0.6) is 0 Å². The van der Waals surface area contributed by atoms with E-state index < -0.39 is 0 Å². The third-order valence-corrected chi connectivity index (χ3v) is 0.716. The number of carbonyl (C=O) groups excluding carboxylic acids is 1. The minimum absolute atomic E-state index is 0. The summed E-state index contributed by atoms with van der Waals surface area (Å²) in [6.45, 7) is 0. The lowest BCUT2D eigenvalue weighted by Crippen LogP contribution is -2.35. The molecule has 4 heteroatoms. The Hall–Kier alpha value is -0.700. The molecule has 0 atom stereocenters. The van der Waals surface area contributed by atoms with Crippen molar-refractivity contribution in [2.75, 3.05) is 0 Å². The van der Waals surface area contributed by atoms with E-state index in [1.165, 1.54) is 0 Å². The van der Waals surface area contributed by atoms with E-state index in [-0.39, 0.29) is 18.3 Å². The molecule has 1 rings (SSSR count). The molecule has 0 fully saturated rings. The Morgan fingerprint density at radius 3 is 2.62 bits per heavy atom. The second-order valence-corrected chi connectivity index (χ2v) is 1.30. The standard InChI is InChI=1S/C4H6N2O.ClH/c7-4-2-1-3-5-6-4;/h1,3,5H,2H2,(H,6,7);1H. The zero-order valence-corrected chi connectivity index (χ0v) is 4.99. The van der Waals surface area contributed by atoms with Crippen LogP contribution in [0.2, 0.25) is 0 Å². The van der Waals surface area contributed by atoms with Crippen LogP contribution in [0.3, 0.4) is 0 Å². The van der Waals surface area contributed by atoms with Gasteiger partial charge < -0.3 is 5.43 Å². The van der Waals surface area contributed by atoms with Gasteiger partial charge in [-0.3, -0.25) is 10.2 Å². The lowest BCUT2D eigenvalue weighted by molar-refractivity contribution is -0.121. The summed E-state index contributed by atoms with van der Waals surface area (Å²) < 4.78 is 0. The Morgan fingerprint density at radius 2 is 2.38 bits per heavy atom. The topological polar surface area (TPSA) is 41.1 Å². The van der Waals surface area contributed by atoms with E-state index in [0.717, 1.165) is 0 Å². The van der Waals surface area contributed by atoms with Gasteiger partial charge in [0, 0.05) is 12.6 Å². The number of rotatable bonds is 0. The number of nitrogens with one attached hydrogen (secondary N) is 2. The van der Waals surface area contributed by atoms with Crippen molar-refractivity contribution >= 4 is 18.3 Å². The molecule has 0 aromatic heterocycles. The first-order chi connectivity index (χ1) is 3.39. The van der Waals surface area contributed by atoms with E-state index in [4.69, 9.17) is 0 Å². The van der Waals surface area contributed by atoms with E-state index >= 15 is 0 Å². The summed E-state index contributed by atoms with van der Waals surface area (Å²) in [6, 6.07) is 0. The van der Waals surface area contributed by atoms with Crippen molar-refractivity contribution in [2.45, 2.75) is 6.42 Å². The summed E-state index contributed by atoms with van der Waals surface area (Å²) in [5, 5.41) is 0. The molecular weight excluding hydrogens is 128 g/mol. The van der Waals surface area contributed by atoms with Crippen molar-refractivity contribution in [1.29, 1.82) is 0 Å². The monoisotopic (exact) mass is 134 g/mol. The van der Waals surface area contributed by atoms with Crippen molar-refractivity contribution in [2.24, 2.45) is 0 Å². The average molecular weight is 135 g/mol. The minimum atomic E-state index is 0. The molecule has 0 aromatic rings. The van der Waals surface area contributed by atoms with Crippen molar-refractivity contribution in [3.63, 3.8) is 0 Å². The van der Waals surface area contributed by atoms with E-state index in [2.05, 4.69) is 10.9 Å². The fraction of sp³-hybridized carbons (Fsp3) is 0.250. The van der Waals surface area contributed by atoms with Crippen molar-refractivity contribution in [3.8, 4) is 0 Å². The van der Waals surface area contributed by atoms with Crippen molar-refractivity contribution in [3.05, 3.63) is 12.3 Å². The highest BCUT2D eigenvalue weighted by atomic mass is 35.5. The van der Waals surface area contributed by atoms with E-state index in [0.29, 0.717) is 6.42 Å². The van der Waals surface area contributed by atoms with E-state index in [9.17, 15) is 4.79 Å². The highest BCUT2D eigenvalue weighted by molar-refractivity contribution is 5.85. The Balaban J connectivity index is 0.000000490. The predicted molar refractivity (Wildman–Crippen MR) is 32.3 cm³/mol. The molecule has 1 aliphatic heterocycles. The van der Waals surface area contributed by atoms with Gasteiger partial charge in [0.15, 0.2) is 0 Å². The third kappa shape index (κ3) is 1.84. The molecule has 0 spiro atoms. The average Bonchev–Trinajstić information content (AvgIpc) is 1.69. The minimum Gasteiger partial charge on any atom is -0.306 e. The second kappa shape index (κ2) is 3.32. The van der Waals surface area contributed by atoms with Crippen LogP contribution < -0.4 is 10.9 Å². The Bertz CT molecular complexity index is 113. The number of hydrogen-bond acceptors (Lipinski definition) is 2. The molecule has 0 unspecified atom stereocenters. The number of hydrogen-bond donors (Lipinski definition) is 2. The van der Waals surface area contributed by atoms with Crippen molar-refractivity contribution < 1.29 is 4.79 Å². The summed E-state index contributed by atoms with van der Waals surface area (Å²) in [4.78, 5) is 10.2. The van der Waals surface area contributed by atoms with Crippen LogP contribution in [0, 0.1) is 0 Å². The lowest BCUT2D eigenvalue weighted by atomic mass is 10.4. The zero-order chi connectivity index (χ0) is 5.11. The van der Waals surface area contributed by atoms with Crippen LogP contribution in [0.1, 0.15) is 6.42 Å². The Labute approximate surface area is 53.5 Å². The zero-order valence-electron chi connectivity index (χ0n) is 4.18. The van der Waals surface area contributed by atoms with Gasteiger partial charge in [-0.05, 0) is 0 Å². The molecule has 0 aliphatic carbocycles. The second-order valence-electron chi connectivity index (χ2n) is 1.30. The molecule has 46 valence electrons. The van der Waals surface area contributed by atoms with E-state index in [1.54, 1.807) is 12.3 Å². The van der Waals surface area contributed by atoms with Crippen molar-refractivity contribution in [1.82, 2.24) is 10.9 Å². The molecule has 8 heavy (non-hydrogen) atoms. The number of carbonyl (C=O) groups is 1. The lowest BCUT2D eigenvalue weighted by Gasteiger charge is -2.05. The normalized spacial score (nSPS) is 15.8. The maximum absolute atomic E-state index is 10.2. The van der Waals surface area contributed by atoms with Crippen LogP contribution in [0.15, 0.2) is 12.3 Å². The fourth-order valence-electron chi connectivity index (χ4n) is 0.398. The molecule has 0 radical (unpaired) electrons. The van der Waals surface area contributed by atoms with Gasteiger partial charge in [0.2, 0.25) is 5.91 Å². The highest BCUT2D eigenvalue weighted by Crippen LogP contribution is 1.83. The third-order valence-electron chi connectivity index (χ3n) is 0.716. The number of hydrazine groups is 1. The van der Waals surface area contributed by atoms with Crippen LogP contribution in [0.4, 0.5) is 0 Å². The largest absolute Gasteiger partial charge is 0.306 e. The van der Waals surface area contributed by atoms with Gasteiger partial charge in [0.25, 0.3) is 0 Å². The first kappa shape index (κ1) is 7.30. The summed E-state index contributed by atoms with van der Waals surface area (Å²) in [5.74, 6) is 0.0162. The summed E-state index contributed by atoms with van der Waals surface area (Å²) in [6.07, 6.45) is 3.95. The van der Waals surface area contributed by atoms with E-state index in [1.807, 2.05) is 0 Å².